The van der Waals surface area contributed by atoms with E-state index in [-0.39, 0.29) is 5.91 Å². The van der Waals surface area contributed by atoms with Gasteiger partial charge in [0.15, 0.2) is 0 Å². The first kappa shape index (κ1) is 16.9. The lowest BCUT2D eigenvalue weighted by Crippen LogP contribution is -2.28. The Bertz CT molecular complexity index is 685. The zero-order chi connectivity index (χ0) is 16.3. The fourth-order valence-electron chi connectivity index (χ4n) is 2.31. The van der Waals surface area contributed by atoms with Gasteiger partial charge in [0, 0.05) is 41.4 Å². The number of rotatable bonds is 5. The smallest absolute Gasteiger partial charge is 0.270 e. The highest BCUT2D eigenvalue weighted by atomic mass is 79.9. The Balaban J connectivity index is 2.23. The normalized spacial score (nSPS) is 10.6. The molecule has 2 aromatic rings. The molecule has 0 aliphatic carbocycles. The van der Waals surface area contributed by atoms with Crippen molar-refractivity contribution in [2.24, 2.45) is 0 Å². The first-order chi connectivity index (χ1) is 10.5. The van der Waals surface area contributed by atoms with Crippen molar-refractivity contribution >= 4 is 33.4 Å². The maximum absolute atomic E-state index is 12.6. The van der Waals surface area contributed by atoms with Crippen LogP contribution in [0.25, 0.3) is 0 Å². The van der Waals surface area contributed by atoms with Crippen molar-refractivity contribution in [3.05, 3.63) is 51.2 Å². The monoisotopic (exact) mass is 384 g/mol. The van der Waals surface area contributed by atoms with Gasteiger partial charge in [-0.2, -0.15) is 0 Å². The van der Waals surface area contributed by atoms with Crippen LogP contribution in [-0.2, 0) is 13.1 Å². The van der Waals surface area contributed by atoms with Crippen LogP contribution in [0.4, 0.5) is 0 Å². The van der Waals surface area contributed by atoms with Crippen molar-refractivity contribution in [1.82, 2.24) is 9.47 Å². The highest BCUT2D eigenvalue weighted by Crippen LogP contribution is 2.24. The molecule has 1 aromatic heterocycles. The maximum atomic E-state index is 12.6. The summed E-state index contributed by atoms with van der Waals surface area (Å²) >= 11 is 9.45. The minimum absolute atomic E-state index is 0.0467. The number of carbonyl (C=O) groups is 1. The summed E-state index contributed by atoms with van der Waals surface area (Å²) in [7, 11) is 3.37. The largest absolute Gasteiger partial charge is 0.496 e. The summed E-state index contributed by atoms with van der Waals surface area (Å²) in [5.41, 5.74) is 1.53. The molecular weight excluding hydrogens is 368 g/mol. The third-order valence-electron chi connectivity index (χ3n) is 3.42. The van der Waals surface area contributed by atoms with Gasteiger partial charge in [-0.15, -0.1) is 0 Å². The van der Waals surface area contributed by atoms with E-state index in [0.29, 0.717) is 17.3 Å². The van der Waals surface area contributed by atoms with Gasteiger partial charge in [-0.05, 0) is 47.1 Å². The number of methoxy groups -OCH3 is 1. The third-order valence-corrected chi connectivity index (χ3v) is 4.09. The second kappa shape index (κ2) is 7.20. The van der Waals surface area contributed by atoms with Gasteiger partial charge in [0.05, 0.1) is 7.11 Å². The Labute approximate surface area is 143 Å². The lowest BCUT2D eigenvalue weighted by molar-refractivity contribution is 0.0773. The highest BCUT2D eigenvalue weighted by Gasteiger charge is 2.18. The lowest BCUT2D eigenvalue weighted by atomic mass is 10.2. The molecule has 0 saturated carbocycles. The molecule has 0 aliphatic heterocycles. The van der Waals surface area contributed by atoms with Crippen LogP contribution >= 0.6 is 27.5 Å². The molecule has 0 fully saturated rings. The van der Waals surface area contributed by atoms with E-state index in [0.717, 1.165) is 22.3 Å². The van der Waals surface area contributed by atoms with Gasteiger partial charge in [-0.1, -0.05) is 11.6 Å². The van der Waals surface area contributed by atoms with Crippen LogP contribution < -0.4 is 4.74 Å². The van der Waals surface area contributed by atoms with E-state index in [1.165, 1.54) is 0 Å². The SMILES string of the molecule is CCn1cc(Br)cc1C(=O)N(C)Cc1cc(Cl)ccc1OC. The highest BCUT2D eigenvalue weighted by molar-refractivity contribution is 9.10. The lowest BCUT2D eigenvalue weighted by Gasteiger charge is -2.19. The molecule has 0 unspecified atom stereocenters. The van der Waals surface area contributed by atoms with Crippen LogP contribution in [0.1, 0.15) is 23.0 Å². The second-order valence-corrected chi connectivity index (χ2v) is 6.30. The summed E-state index contributed by atoms with van der Waals surface area (Å²) < 4.78 is 8.14. The maximum Gasteiger partial charge on any atom is 0.270 e. The Morgan fingerprint density at radius 3 is 2.77 bits per heavy atom. The van der Waals surface area contributed by atoms with E-state index in [1.807, 2.05) is 29.8 Å². The molecule has 2 rings (SSSR count). The molecule has 118 valence electrons. The molecule has 0 atom stereocenters. The fraction of sp³-hybridized carbons (Fsp3) is 0.312. The van der Waals surface area contributed by atoms with Crippen LogP contribution in [0.3, 0.4) is 0 Å². The molecule has 0 bridgehead atoms. The number of aryl methyl sites for hydroxylation is 1. The van der Waals surface area contributed by atoms with Gasteiger partial charge in [0.25, 0.3) is 5.91 Å². The number of halogens is 2. The summed E-state index contributed by atoms with van der Waals surface area (Å²) in [4.78, 5) is 14.3. The van der Waals surface area contributed by atoms with Gasteiger partial charge in [0.2, 0.25) is 0 Å². The van der Waals surface area contributed by atoms with E-state index >= 15 is 0 Å². The number of hydrogen-bond donors (Lipinski definition) is 0. The summed E-state index contributed by atoms with van der Waals surface area (Å²) in [6.45, 7) is 3.17. The van der Waals surface area contributed by atoms with E-state index < -0.39 is 0 Å². The molecule has 4 nitrogen and oxygen atoms in total. The summed E-state index contributed by atoms with van der Waals surface area (Å²) in [6.07, 6.45) is 1.90. The Hall–Kier alpha value is -1.46. The number of hydrogen-bond acceptors (Lipinski definition) is 2. The standard InChI is InChI=1S/C16H18BrClN2O2/c1-4-20-10-12(17)8-14(20)16(21)19(2)9-11-7-13(18)5-6-15(11)22-3/h5-8,10H,4,9H2,1-3H3. The topological polar surface area (TPSA) is 34.5 Å². The number of amides is 1. The molecule has 1 heterocycles. The summed E-state index contributed by atoms with van der Waals surface area (Å²) in [5.74, 6) is 0.672. The molecule has 6 heteroatoms. The fourth-order valence-corrected chi connectivity index (χ4v) is 2.97. The minimum atomic E-state index is -0.0467. The van der Waals surface area contributed by atoms with Crippen molar-refractivity contribution < 1.29 is 9.53 Å². The quantitative estimate of drug-likeness (QED) is 0.773. The van der Waals surface area contributed by atoms with E-state index in [2.05, 4.69) is 15.9 Å². The summed E-state index contributed by atoms with van der Waals surface area (Å²) in [5, 5.41) is 0.622. The van der Waals surface area contributed by atoms with E-state index in [9.17, 15) is 4.79 Å². The van der Waals surface area contributed by atoms with Gasteiger partial charge in [-0.3, -0.25) is 4.79 Å². The van der Waals surface area contributed by atoms with Crippen molar-refractivity contribution in [3.63, 3.8) is 0 Å². The molecule has 0 radical (unpaired) electrons. The van der Waals surface area contributed by atoms with Gasteiger partial charge in [0.1, 0.15) is 11.4 Å². The molecule has 22 heavy (non-hydrogen) atoms. The molecule has 0 aliphatic rings. The van der Waals surface area contributed by atoms with Crippen molar-refractivity contribution in [1.29, 1.82) is 0 Å². The number of ether oxygens (including phenoxy) is 1. The average molecular weight is 386 g/mol. The predicted molar refractivity (Wildman–Crippen MR) is 91.6 cm³/mol. The van der Waals surface area contributed by atoms with Gasteiger partial charge >= 0.3 is 0 Å². The van der Waals surface area contributed by atoms with Crippen molar-refractivity contribution in [2.45, 2.75) is 20.0 Å². The number of nitrogens with zero attached hydrogens (tertiary/aromatic N) is 2. The van der Waals surface area contributed by atoms with Gasteiger partial charge in [-0.25, -0.2) is 0 Å². The molecule has 0 spiro atoms. The van der Waals surface area contributed by atoms with Gasteiger partial charge < -0.3 is 14.2 Å². The minimum Gasteiger partial charge on any atom is -0.496 e. The molecular formula is C16H18BrClN2O2. The first-order valence-corrected chi connectivity index (χ1v) is 8.07. The molecule has 0 saturated heterocycles. The average Bonchev–Trinajstić information content (AvgIpc) is 2.87. The number of benzene rings is 1. The van der Waals surface area contributed by atoms with Crippen LogP contribution in [0, 0.1) is 0 Å². The van der Waals surface area contributed by atoms with E-state index in [1.54, 1.807) is 31.2 Å². The van der Waals surface area contributed by atoms with Crippen molar-refractivity contribution in [2.75, 3.05) is 14.2 Å². The van der Waals surface area contributed by atoms with Crippen LogP contribution in [-0.4, -0.2) is 29.5 Å². The zero-order valence-electron chi connectivity index (χ0n) is 12.8. The second-order valence-electron chi connectivity index (χ2n) is 4.95. The van der Waals surface area contributed by atoms with Crippen LogP contribution in [0.2, 0.25) is 5.02 Å². The number of carbonyl (C=O) groups excluding carboxylic acids is 1. The molecule has 1 amide bonds. The molecule has 1 aromatic carbocycles. The van der Waals surface area contributed by atoms with Crippen molar-refractivity contribution in [3.8, 4) is 5.75 Å². The Morgan fingerprint density at radius 2 is 2.14 bits per heavy atom. The third kappa shape index (κ3) is 3.65. The van der Waals surface area contributed by atoms with Crippen LogP contribution in [0.15, 0.2) is 34.9 Å². The van der Waals surface area contributed by atoms with E-state index in [4.69, 9.17) is 16.3 Å². The number of aromatic nitrogens is 1. The first-order valence-electron chi connectivity index (χ1n) is 6.89. The summed E-state index contributed by atoms with van der Waals surface area (Å²) in [6, 6.07) is 7.23. The van der Waals surface area contributed by atoms with Crippen LogP contribution in [0.5, 0.6) is 5.75 Å². The molecule has 0 N–H and O–H groups in total. The zero-order valence-corrected chi connectivity index (χ0v) is 15.1. The predicted octanol–water partition coefficient (Wildman–Crippen LogP) is 4.20. The Morgan fingerprint density at radius 1 is 1.41 bits per heavy atom. The Kier molecular flexibility index (Phi) is 5.53.